The van der Waals surface area contributed by atoms with E-state index in [1.165, 1.54) is 12.8 Å². The summed E-state index contributed by atoms with van der Waals surface area (Å²) in [6.07, 6.45) is 3.49. The molecule has 0 spiro atoms. The first-order chi connectivity index (χ1) is 4.85. The lowest BCUT2D eigenvalue weighted by Crippen LogP contribution is -2.28. The van der Waals surface area contributed by atoms with Crippen LogP contribution in [-0.2, 0) is 0 Å². The van der Waals surface area contributed by atoms with E-state index in [1.807, 2.05) is 0 Å². The molecule has 0 aromatic heterocycles. The van der Waals surface area contributed by atoms with Crippen LogP contribution in [0.5, 0.6) is 0 Å². The Hall–Kier alpha value is -0.550. The molecule has 58 valence electrons. The Balaban J connectivity index is 3.32. The maximum absolute atomic E-state index is 8.27. The fourth-order valence-corrected chi connectivity index (χ4v) is 0.989. The molecule has 0 bridgehead atoms. The molecule has 0 aliphatic heterocycles. The lowest BCUT2D eigenvalue weighted by atomic mass is 10.1. The number of hydrogen-bond acceptors (Lipinski definition) is 2. The molecule has 0 saturated heterocycles. The summed E-state index contributed by atoms with van der Waals surface area (Å²) in [6.45, 7) is 4.79. The summed E-state index contributed by atoms with van der Waals surface area (Å²) in [5.41, 5.74) is 0. The van der Waals surface area contributed by atoms with Crippen molar-refractivity contribution in [1.82, 2.24) is 5.32 Å². The Morgan fingerprint density at radius 3 is 2.60 bits per heavy atom. The first-order valence-electron chi connectivity index (χ1n) is 3.95. The number of nitrogens with zero attached hydrogens (tertiary/aromatic N) is 1. The molecule has 0 saturated carbocycles. The molecule has 0 aromatic rings. The predicted octanol–water partition coefficient (Wildman–Crippen LogP) is 1.68. The fraction of sp³-hybridized carbons (Fsp3) is 0.875. The van der Waals surface area contributed by atoms with Crippen LogP contribution >= 0.6 is 0 Å². The summed E-state index contributed by atoms with van der Waals surface area (Å²) >= 11 is 0. The van der Waals surface area contributed by atoms with Crippen molar-refractivity contribution in [3.8, 4) is 6.07 Å². The van der Waals surface area contributed by atoms with Crippen molar-refractivity contribution in [3.63, 3.8) is 0 Å². The second kappa shape index (κ2) is 6.57. The predicted molar refractivity (Wildman–Crippen MR) is 42.6 cm³/mol. The van der Waals surface area contributed by atoms with E-state index >= 15 is 0 Å². The highest BCUT2D eigenvalue weighted by molar-refractivity contribution is 4.76. The van der Waals surface area contributed by atoms with Gasteiger partial charge in [0.15, 0.2) is 0 Å². The lowest BCUT2D eigenvalue weighted by Gasteiger charge is -2.12. The minimum Gasteiger partial charge on any atom is -0.302 e. The Bertz CT molecular complexity index is 104. The van der Waals surface area contributed by atoms with Gasteiger partial charge in [0.25, 0.3) is 0 Å². The molecule has 1 atom stereocenters. The molecular formula is C8H16N2. The molecule has 0 rings (SSSR count). The van der Waals surface area contributed by atoms with Gasteiger partial charge in [-0.1, -0.05) is 20.3 Å². The highest BCUT2D eigenvalue weighted by Crippen LogP contribution is 1.99. The van der Waals surface area contributed by atoms with Gasteiger partial charge in [-0.15, -0.1) is 0 Å². The van der Waals surface area contributed by atoms with Crippen molar-refractivity contribution in [2.75, 3.05) is 6.54 Å². The van der Waals surface area contributed by atoms with E-state index in [0.717, 1.165) is 6.42 Å². The maximum Gasteiger partial charge on any atom is 0.0843 e. The molecule has 1 unspecified atom stereocenters. The third-order valence-electron chi connectivity index (χ3n) is 1.60. The Morgan fingerprint density at radius 2 is 2.20 bits per heavy atom. The number of nitriles is 1. The molecule has 0 aliphatic carbocycles. The summed E-state index contributed by atoms with van der Waals surface area (Å²) in [6, 6.07) is 2.63. The van der Waals surface area contributed by atoms with Crippen LogP contribution in [0.4, 0.5) is 0 Å². The third-order valence-corrected chi connectivity index (χ3v) is 1.60. The third kappa shape index (κ3) is 4.34. The van der Waals surface area contributed by atoms with Crippen LogP contribution in [0.25, 0.3) is 0 Å². The van der Waals surface area contributed by atoms with Gasteiger partial charge in [0.1, 0.15) is 0 Å². The van der Waals surface area contributed by atoms with Gasteiger partial charge in [0, 0.05) is 6.04 Å². The molecule has 2 heteroatoms. The molecule has 2 nitrogen and oxygen atoms in total. The topological polar surface area (TPSA) is 35.8 Å². The zero-order valence-electron chi connectivity index (χ0n) is 6.85. The quantitative estimate of drug-likeness (QED) is 0.590. The van der Waals surface area contributed by atoms with Crippen molar-refractivity contribution in [1.29, 1.82) is 5.26 Å². The monoisotopic (exact) mass is 140 g/mol. The van der Waals surface area contributed by atoms with Gasteiger partial charge in [-0.05, 0) is 12.8 Å². The van der Waals surface area contributed by atoms with E-state index in [2.05, 4.69) is 25.2 Å². The number of rotatable bonds is 5. The Morgan fingerprint density at radius 1 is 1.50 bits per heavy atom. The molecule has 0 aromatic carbocycles. The SMILES string of the molecule is CCCC(CC)NCC#N. The second-order valence-electron chi connectivity index (χ2n) is 2.43. The number of hydrogen-bond donors (Lipinski definition) is 1. The molecule has 0 heterocycles. The largest absolute Gasteiger partial charge is 0.302 e. The zero-order chi connectivity index (χ0) is 7.82. The van der Waals surface area contributed by atoms with Crippen LogP contribution in [0.3, 0.4) is 0 Å². The van der Waals surface area contributed by atoms with Crippen molar-refractivity contribution in [2.45, 2.75) is 39.2 Å². The van der Waals surface area contributed by atoms with Gasteiger partial charge in [0.05, 0.1) is 12.6 Å². The molecular weight excluding hydrogens is 124 g/mol. The van der Waals surface area contributed by atoms with Crippen LogP contribution in [0.1, 0.15) is 33.1 Å². The van der Waals surface area contributed by atoms with Gasteiger partial charge in [0.2, 0.25) is 0 Å². The molecule has 10 heavy (non-hydrogen) atoms. The smallest absolute Gasteiger partial charge is 0.0843 e. The number of nitrogens with one attached hydrogen (secondary N) is 1. The van der Waals surface area contributed by atoms with E-state index in [-0.39, 0.29) is 0 Å². The van der Waals surface area contributed by atoms with E-state index in [1.54, 1.807) is 0 Å². The van der Waals surface area contributed by atoms with E-state index in [4.69, 9.17) is 5.26 Å². The van der Waals surface area contributed by atoms with E-state index < -0.39 is 0 Å². The summed E-state index contributed by atoms with van der Waals surface area (Å²) in [7, 11) is 0. The van der Waals surface area contributed by atoms with E-state index in [0.29, 0.717) is 12.6 Å². The van der Waals surface area contributed by atoms with Crippen molar-refractivity contribution in [2.24, 2.45) is 0 Å². The van der Waals surface area contributed by atoms with Crippen LogP contribution in [0.2, 0.25) is 0 Å². The van der Waals surface area contributed by atoms with Crippen LogP contribution in [0, 0.1) is 11.3 Å². The van der Waals surface area contributed by atoms with Crippen molar-refractivity contribution >= 4 is 0 Å². The highest BCUT2D eigenvalue weighted by Gasteiger charge is 2.01. The van der Waals surface area contributed by atoms with Gasteiger partial charge < -0.3 is 5.32 Å². The highest BCUT2D eigenvalue weighted by atomic mass is 14.9. The van der Waals surface area contributed by atoms with Crippen LogP contribution < -0.4 is 5.32 Å². The average Bonchev–Trinajstić information content (AvgIpc) is 1.98. The van der Waals surface area contributed by atoms with Crippen molar-refractivity contribution < 1.29 is 0 Å². The minimum absolute atomic E-state index is 0.485. The van der Waals surface area contributed by atoms with Crippen LogP contribution in [0.15, 0.2) is 0 Å². The standard InChI is InChI=1S/C8H16N2/c1-3-5-8(4-2)10-7-6-9/h8,10H,3-5,7H2,1-2H3. The first-order valence-corrected chi connectivity index (χ1v) is 3.95. The Labute approximate surface area is 63.2 Å². The lowest BCUT2D eigenvalue weighted by molar-refractivity contribution is 0.487. The van der Waals surface area contributed by atoms with Crippen LogP contribution in [-0.4, -0.2) is 12.6 Å². The molecule has 1 N–H and O–H groups in total. The van der Waals surface area contributed by atoms with Gasteiger partial charge >= 0.3 is 0 Å². The normalized spacial score (nSPS) is 12.5. The summed E-state index contributed by atoms with van der Waals surface area (Å²) in [4.78, 5) is 0. The minimum atomic E-state index is 0.485. The molecule has 0 fully saturated rings. The van der Waals surface area contributed by atoms with Gasteiger partial charge in [-0.3, -0.25) is 0 Å². The van der Waals surface area contributed by atoms with Crippen molar-refractivity contribution in [3.05, 3.63) is 0 Å². The zero-order valence-corrected chi connectivity index (χ0v) is 6.85. The summed E-state index contributed by atoms with van der Waals surface area (Å²) in [5.74, 6) is 0. The van der Waals surface area contributed by atoms with Gasteiger partial charge in [-0.25, -0.2) is 0 Å². The summed E-state index contributed by atoms with van der Waals surface area (Å²) < 4.78 is 0. The Kier molecular flexibility index (Phi) is 6.21. The first kappa shape index (κ1) is 9.45. The molecule has 0 aliphatic rings. The molecule has 0 radical (unpaired) electrons. The summed E-state index contributed by atoms with van der Waals surface area (Å²) in [5, 5.41) is 11.4. The van der Waals surface area contributed by atoms with Gasteiger partial charge in [-0.2, -0.15) is 5.26 Å². The van der Waals surface area contributed by atoms with E-state index in [9.17, 15) is 0 Å². The second-order valence-corrected chi connectivity index (χ2v) is 2.43. The molecule has 0 amide bonds. The fourth-order valence-electron chi connectivity index (χ4n) is 0.989. The maximum atomic E-state index is 8.27. The average molecular weight is 140 g/mol.